The number of hydrogen-bond donors (Lipinski definition) is 1. The van der Waals surface area contributed by atoms with Crippen molar-refractivity contribution in [1.82, 2.24) is 5.32 Å². The highest BCUT2D eigenvalue weighted by molar-refractivity contribution is 5.66. The van der Waals surface area contributed by atoms with Gasteiger partial charge in [-0.3, -0.25) is 0 Å². The first-order valence-electron chi connectivity index (χ1n) is 6.84. The second-order valence-corrected chi connectivity index (χ2v) is 4.83. The van der Waals surface area contributed by atoms with E-state index in [2.05, 4.69) is 12.2 Å². The molecule has 0 amide bonds. The first-order valence-corrected chi connectivity index (χ1v) is 6.84. The molecule has 0 radical (unpaired) electrons. The number of nitriles is 1. The molecule has 108 valence electrons. The topological polar surface area (TPSA) is 35.8 Å². The summed E-state index contributed by atoms with van der Waals surface area (Å²) in [4.78, 5) is 0. The normalized spacial score (nSPS) is 10.4. The molecule has 2 nitrogen and oxygen atoms in total. The van der Waals surface area contributed by atoms with Crippen molar-refractivity contribution in [3.05, 3.63) is 59.2 Å². The minimum Gasteiger partial charge on any atom is -0.313 e. The second kappa shape index (κ2) is 6.96. The maximum Gasteiger partial charge on any atom is 0.131 e. The van der Waals surface area contributed by atoms with Crippen LogP contribution in [0.5, 0.6) is 0 Å². The van der Waals surface area contributed by atoms with Crippen LogP contribution < -0.4 is 5.32 Å². The third kappa shape index (κ3) is 3.87. The summed E-state index contributed by atoms with van der Waals surface area (Å²) in [6.07, 6.45) is 1.02. The molecule has 1 N–H and O–H groups in total. The molecule has 2 rings (SSSR count). The molecule has 0 unspecified atom stereocenters. The van der Waals surface area contributed by atoms with E-state index < -0.39 is 11.6 Å². The molecule has 0 heterocycles. The Balaban J connectivity index is 2.36. The van der Waals surface area contributed by atoms with Gasteiger partial charge in [0.05, 0.1) is 11.6 Å². The summed E-state index contributed by atoms with van der Waals surface area (Å²) < 4.78 is 27.5. The summed E-state index contributed by atoms with van der Waals surface area (Å²) in [5.74, 6) is -0.971. The Bertz CT molecular complexity index is 675. The second-order valence-electron chi connectivity index (χ2n) is 4.83. The Morgan fingerprint density at radius 1 is 1.14 bits per heavy atom. The van der Waals surface area contributed by atoms with Crippen LogP contribution in [0.25, 0.3) is 11.1 Å². The third-order valence-electron chi connectivity index (χ3n) is 3.12. The van der Waals surface area contributed by atoms with Gasteiger partial charge < -0.3 is 5.32 Å². The number of rotatable bonds is 5. The van der Waals surface area contributed by atoms with Crippen LogP contribution in [0.4, 0.5) is 8.78 Å². The van der Waals surface area contributed by atoms with Gasteiger partial charge in [0.2, 0.25) is 0 Å². The van der Waals surface area contributed by atoms with Gasteiger partial charge in [-0.1, -0.05) is 13.0 Å². The van der Waals surface area contributed by atoms with Crippen molar-refractivity contribution in [2.24, 2.45) is 0 Å². The van der Waals surface area contributed by atoms with Crippen LogP contribution in [0, 0.1) is 23.0 Å². The van der Waals surface area contributed by atoms with E-state index in [-0.39, 0.29) is 5.56 Å². The molecule has 0 saturated carbocycles. The number of halogens is 2. The van der Waals surface area contributed by atoms with Crippen molar-refractivity contribution >= 4 is 0 Å². The maximum absolute atomic E-state index is 14.0. The molecule has 0 aliphatic rings. The lowest BCUT2D eigenvalue weighted by atomic mass is 10.0. The van der Waals surface area contributed by atoms with Crippen LogP contribution in [0.3, 0.4) is 0 Å². The van der Waals surface area contributed by atoms with Gasteiger partial charge in [0.15, 0.2) is 0 Å². The maximum atomic E-state index is 14.0. The molecule has 0 aliphatic carbocycles. The average Bonchev–Trinajstić information content (AvgIpc) is 2.48. The van der Waals surface area contributed by atoms with Crippen LogP contribution in [0.2, 0.25) is 0 Å². The van der Waals surface area contributed by atoms with Crippen LogP contribution >= 0.6 is 0 Å². The number of hydrogen-bond acceptors (Lipinski definition) is 2. The van der Waals surface area contributed by atoms with Gasteiger partial charge in [-0.05, 0) is 54.4 Å². The smallest absolute Gasteiger partial charge is 0.131 e. The van der Waals surface area contributed by atoms with Gasteiger partial charge in [0.25, 0.3) is 0 Å². The SMILES string of the molecule is CCCNCc1ccc(F)c(-c2cc(F)cc(C#N)c2)c1. The van der Waals surface area contributed by atoms with Crippen molar-refractivity contribution in [3.8, 4) is 17.2 Å². The van der Waals surface area contributed by atoms with Gasteiger partial charge in [-0.15, -0.1) is 0 Å². The molecule has 0 aliphatic heterocycles. The Hall–Kier alpha value is -2.25. The van der Waals surface area contributed by atoms with Crippen LogP contribution in [-0.2, 0) is 6.54 Å². The molecular weight excluding hydrogens is 270 g/mol. The largest absolute Gasteiger partial charge is 0.313 e. The Morgan fingerprint density at radius 2 is 1.95 bits per heavy atom. The van der Waals surface area contributed by atoms with E-state index in [1.807, 2.05) is 6.07 Å². The highest BCUT2D eigenvalue weighted by Gasteiger charge is 2.09. The highest BCUT2D eigenvalue weighted by Crippen LogP contribution is 2.26. The van der Waals surface area contributed by atoms with E-state index in [1.54, 1.807) is 12.1 Å². The van der Waals surface area contributed by atoms with Crippen molar-refractivity contribution in [3.63, 3.8) is 0 Å². The highest BCUT2D eigenvalue weighted by atomic mass is 19.1. The van der Waals surface area contributed by atoms with Crippen molar-refractivity contribution in [2.75, 3.05) is 6.54 Å². The minimum atomic E-state index is -0.544. The number of nitrogens with one attached hydrogen (secondary N) is 1. The van der Waals surface area contributed by atoms with Crippen molar-refractivity contribution < 1.29 is 8.78 Å². The van der Waals surface area contributed by atoms with Gasteiger partial charge in [0.1, 0.15) is 11.6 Å². The fraction of sp³-hybridized carbons (Fsp3) is 0.235. The van der Waals surface area contributed by atoms with E-state index in [1.165, 1.54) is 18.2 Å². The zero-order valence-electron chi connectivity index (χ0n) is 11.8. The lowest BCUT2D eigenvalue weighted by molar-refractivity contribution is 0.623. The monoisotopic (exact) mass is 286 g/mol. The lowest BCUT2D eigenvalue weighted by Gasteiger charge is -2.09. The number of benzene rings is 2. The van der Waals surface area contributed by atoms with E-state index in [0.717, 1.165) is 24.6 Å². The summed E-state index contributed by atoms with van der Waals surface area (Å²) in [6, 6.07) is 10.5. The van der Waals surface area contributed by atoms with Gasteiger partial charge >= 0.3 is 0 Å². The van der Waals surface area contributed by atoms with Crippen molar-refractivity contribution in [1.29, 1.82) is 5.26 Å². The molecule has 0 saturated heterocycles. The summed E-state index contributed by atoms with van der Waals surface area (Å²) >= 11 is 0. The Kier molecular flexibility index (Phi) is 5.02. The van der Waals surface area contributed by atoms with E-state index >= 15 is 0 Å². The first kappa shape index (κ1) is 15.1. The van der Waals surface area contributed by atoms with E-state index in [0.29, 0.717) is 17.7 Å². The lowest BCUT2D eigenvalue weighted by Crippen LogP contribution is -2.13. The zero-order valence-corrected chi connectivity index (χ0v) is 11.8. The Morgan fingerprint density at radius 3 is 2.67 bits per heavy atom. The summed E-state index contributed by atoms with van der Waals surface area (Å²) in [5, 5.41) is 12.1. The molecule has 0 spiro atoms. The Labute approximate surface area is 123 Å². The predicted molar refractivity (Wildman–Crippen MR) is 78.5 cm³/mol. The summed E-state index contributed by atoms with van der Waals surface area (Å²) in [6.45, 7) is 3.58. The van der Waals surface area contributed by atoms with Crippen LogP contribution in [-0.4, -0.2) is 6.54 Å². The molecule has 2 aromatic carbocycles. The molecular formula is C17H16F2N2. The standard InChI is InChI=1S/C17H16F2N2/c1-2-5-21-11-12-3-4-17(19)16(8-12)14-6-13(10-20)7-15(18)9-14/h3-4,6-9,21H,2,5,11H2,1H3. The van der Waals surface area contributed by atoms with Crippen molar-refractivity contribution in [2.45, 2.75) is 19.9 Å². The zero-order chi connectivity index (χ0) is 15.2. The first-order chi connectivity index (χ1) is 10.1. The minimum absolute atomic E-state index is 0.180. The predicted octanol–water partition coefficient (Wildman–Crippen LogP) is 4.00. The summed E-state index contributed by atoms with van der Waals surface area (Å²) in [7, 11) is 0. The fourth-order valence-electron chi connectivity index (χ4n) is 2.12. The molecule has 0 aromatic heterocycles. The molecule has 0 bridgehead atoms. The van der Waals surface area contributed by atoms with Crippen LogP contribution in [0.1, 0.15) is 24.5 Å². The molecule has 0 atom stereocenters. The molecule has 0 fully saturated rings. The van der Waals surface area contributed by atoms with E-state index in [9.17, 15) is 8.78 Å². The average molecular weight is 286 g/mol. The van der Waals surface area contributed by atoms with Gasteiger partial charge in [-0.25, -0.2) is 8.78 Å². The van der Waals surface area contributed by atoms with E-state index in [4.69, 9.17) is 5.26 Å². The number of nitrogens with zero attached hydrogens (tertiary/aromatic N) is 1. The fourth-order valence-corrected chi connectivity index (χ4v) is 2.12. The molecule has 2 aromatic rings. The van der Waals surface area contributed by atoms with Gasteiger partial charge in [-0.2, -0.15) is 5.26 Å². The van der Waals surface area contributed by atoms with Gasteiger partial charge in [0, 0.05) is 12.1 Å². The quantitative estimate of drug-likeness (QED) is 0.843. The molecule has 21 heavy (non-hydrogen) atoms. The van der Waals surface area contributed by atoms with Crippen LogP contribution in [0.15, 0.2) is 36.4 Å². The molecule has 4 heteroatoms. The third-order valence-corrected chi connectivity index (χ3v) is 3.12. The summed E-state index contributed by atoms with van der Waals surface area (Å²) in [5.41, 5.74) is 1.78.